The van der Waals surface area contributed by atoms with Crippen LogP contribution in [0, 0.1) is 24.7 Å². The maximum absolute atomic E-state index is 13.0. The Labute approximate surface area is 196 Å². The van der Waals surface area contributed by atoms with Crippen LogP contribution in [0.4, 0.5) is 5.69 Å². The Hall–Kier alpha value is -2.82. The van der Waals surface area contributed by atoms with E-state index in [1.807, 2.05) is 25.1 Å². The maximum Gasteiger partial charge on any atom is 0.307 e. The van der Waals surface area contributed by atoms with Gasteiger partial charge < -0.3 is 15.2 Å². The number of nitrogens with one attached hydrogen (secondary N) is 1. The summed E-state index contributed by atoms with van der Waals surface area (Å²) in [6, 6.07) is 12.3. The van der Waals surface area contributed by atoms with Crippen molar-refractivity contribution in [3.8, 4) is 16.9 Å². The van der Waals surface area contributed by atoms with E-state index in [0.29, 0.717) is 19.4 Å². The van der Waals surface area contributed by atoms with Crippen LogP contribution in [0.25, 0.3) is 11.1 Å². The van der Waals surface area contributed by atoms with E-state index in [0.717, 1.165) is 54.2 Å². The van der Waals surface area contributed by atoms with Crippen molar-refractivity contribution in [2.45, 2.75) is 65.2 Å². The molecule has 2 fully saturated rings. The average molecular weight is 450 g/mol. The number of benzene rings is 2. The van der Waals surface area contributed by atoms with Crippen LogP contribution in [0.3, 0.4) is 0 Å². The number of aryl methyl sites for hydroxylation is 1. The van der Waals surface area contributed by atoms with Crippen LogP contribution in [0.5, 0.6) is 5.75 Å². The molecular formula is C28H35NO4. The van der Waals surface area contributed by atoms with Gasteiger partial charge in [-0.25, -0.2) is 0 Å². The number of carbonyl (C=O) groups is 2. The highest BCUT2D eigenvalue weighted by atomic mass is 16.5. The molecule has 4 rings (SSSR count). The number of carboxylic acids is 1. The molecule has 1 amide bonds. The van der Waals surface area contributed by atoms with Gasteiger partial charge in [-0.15, -0.1) is 0 Å². The minimum Gasteiger partial charge on any atom is -0.494 e. The molecule has 2 aliphatic carbocycles. The number of ether oxygens (including phenoxy) is 1. The first-order chi connectivity index (χ1) is 16.0. The summed E-state index contributed by atoms with van der Waals surface area (Å²) in [6.45, 7) is 4.71. The highest BCUT2D eigenvalue weighted by molar-refractivity contribution is 5.95. The minimum absolute atomic E-state index is 0.169. The van der Waals surface area contributed by atoms with Crippen molar-refractivity contribution >= 4 is 17.6 Å². The van der Waals surface area contributed by atoms with Crippen LogP contribution in [0.2, 0.25) is 0 Å². The Kier molecular flexibility index (Phi) is 7.36. The quantitative estimate of drug-likeness (QED) is 0.476. The van der Waals surface area contributed by atoms with E-state index in [1.165, 1.54) is 24.0 Å². The summed E-state index contributed by atoms with van der Waals surface area (Å²) in [4.78, 5) is 24.7. The number of anilines is 1. The van der Waals surface area contributed by atoms with Gasteiger partial charge in [-0.1, -0.05) is 43.9 Å². The second-order valence-electron chi connectivity index (χ2n) is 9.54. The molecule has 5 nitrogen and oxygen atoms in total. The molecule has 0 heterocycles. The molecule has 0 saturated heterocycles. The number of rotatable bonds is 9. The van der Waals surface area contributed by atoms with E-state index < -0.39 is 17.8 Å². The zero-order valence-corrected chi connectivity index (χ0v) is 19.7. The molecule has 0 aliphatic heterocycles. The van der Waals surface area contributed by atoms with Gasteiger partial charge in [-0.05, 0) is 85.9 Å². The molecule has 2 aliphatic rings. The Morgan fingerprint density at radius 2 is 1.79 bits per heavy atom. The van der Waals surface area contributed by atoms with Gasteiger partial charge in [0, 0.05) is 5.69 Å². The molecule has 2 atom stereocenters. The summed E-state index contributed by atoms with van der Waals surface area (Å²) in [5.74, 6) is -0.368. The third-order valence-electron chi connectivity index (χ3n) is 7.19. The lowest BCUT2D eigenvalue weighted by Gasteiger charge is -2.27. The van der Waals surface area contributed by atoms with Crippen molar-refractivity contribution in [3.05, 3.63) is 47.5 Å². The van der Waals surface area contributed by atoms with Crippen molar-refractivity contribution in [1.82, 2.24) is 0 Å². The molecule has 2 aromatic carbocycles. The first-order valence-corrected chi connectivity index (χ1v) is 12.4. The van der Waals surface area contributed by atoms with Crippen LogP contribution in [-0.4, -0.2) is 23.6 Å². The summed E-state index contributed by atoms with van der Waals surface area (Å²) < 4.78 is 5.81. The Morgan fingerprint density at radius 3 is 2.48 bits per heavy atom. The van der Waals surface area contributed by atoms with Crippen molar-refractivity contribution in [2.24, 2.45) is 17.8 Å². The van der Waals surface area contributed by atoms with Gasteiger partial charge in [-0.2, -0.15) is 0 Å². The topological polar surface area (TPSA) is 75.6 Å². The van der Waals surface area contributed by atoms with Crippen molar-refractivity contribution in [3.63, 3.8) is 0 Å². The third-order valence-corrected chi connectivity index (χ3v) is 7.19. The van der Waals surface area contributed by atoms with Gasteiger partial charge in [0.05, 0.1) is 18.4 Å². The van der Waals surface area contributed by atoms with Crippen LogP contribution in [0.15, 0.2) is 36.4 Å². The number of hydrogen-bond donors (Lipinski definition) is 2. The highest BCUT2D eigenvalue weighted by Gasteiger charge is 2.35. The number of amides is 1. The smallest absolute Gasteiger partial charge is 0.307 e. The molecule has 0 spiro atoms. The Bertz CT molecular complexity index is 1010. The summed E-state index contributed by atoms with van der Waals surface area (Å²) in [7, 11) is 0. The van der Waals surface area contributed by atoms with Gasteiger partial charge >= 0.3 is 5.97 Å². The second-order valence-corrected chi connectivity index (χ2v) is 9.54. The van der Waals surface area contributed by atoms with E-state index in [1.54, 1.807) is 0 Å². The molecular weight excluding hydrogens is 414 g/mol. The lowest BCUT2D eigenvalue weighted by atomic mass is 9.78. The minimum atomic E-state index is -0.861. The predicted octanol–water partition coefficient (Wildman–Crippen LogP) is 6.23. The third kappa shape index (κ3) is 5.58. The van der Waals surface area contributed by atoms with Gasteiger partial charge in [0.15, 0.2) is 0 Å². The zero-order chi connectivity index (χ0) is 23.4. The molecule has 176 valence electrons. The molecule has 0 aromatic heterocycles. The normalized spacial score (nSPS) is 20.3. The zero-order valence-electron chi connectivity index (χ0n) is 19.7. The highest BCUT2D eigenvalue weighted by Crippen LogP contribution is 2.38. The molecule has 2 aromatic rings. The van der Waals surface area contributed by atoms with Crippen LogP contribution >= 0.6 is 0 Å². The number of carboxylic acid groups (broad SMARTS) is 1. The lowest BCUT2D eigenvalue weighted by Crippen LogP contribution is -2.36. The van der Waals surface area contributed by atoms with E-state index >= 15 is 0 Å². The first-order valence-electron chi connectivity index (χ1n) is 12.4. The molecule has 0 radical (unpaired) electrons. The van der Waals surface area contributed by atoms with E-state index in [-0.39, 0.29) is 5.91 Å². The lowest BCUT2D eigenvalue weighted by molar-refractivity contribution is -0.147. The van der Waals surface area contributed by atoms with Gasteiger partial charge in [0.1, 0.15) is 5.75 Å². The second kappa shape index (κ2) is 10.4. The molecule has 0 unspecified atom stereocenters. The fraction of sp³-hybridized carbons (Fsp3) is 0.500. The summed E-state index contributed by atoms with van der Waals surface area (Å²) in [5.41, 5.74) is 5.42. The summed E-state index contributed by atoms with van der Waals surface area (Å²) in [6.07, 6.45) is 7.73. The monoisotopic (exact) mass is 449 g/mol. The van der Waals surface area contributed by atoms with Gasteiger partial charge in [0.25, 0.3) is 0 Å². The van der Waals surface area contributed by atoms with Crippen molar-refractivity contribution in [2.75, 3.05) is 11.9 Å². The van der Waals surface area contributed by atoms with Gasteiger partial charge in [-0.3, -0.25) is 9.59 Å². The fourth-order valence-electron chi connectivity index (χ4n) is 5.10. The van der Waals surface area contributed by atoms with Gasteiger partial charge in [0.2, 0.25) is 5.91 Å². The molecule has 33 heavy (non-hydrogen) atoms. The van der Waals surface area contributed by atoms with Crippen LogP contribution in [-0.2, 0) is 16.0 Å². The van der Waals surface area contributed by atoms with Crippen molar-refractivity contribution < 1.29 is 19.4 Å². The number of carbonyl (C=O) groups excluding carboxylic acids is 1. The fourth-order valence-corrected chi connectivity index (χ4v) is 5.10. The van der Waals surface area contributed by atoms with E-state index in [2.05, 4.69) is 30.4 Å². The number of aliphatic carboxylic acids is 1. The largest absolute Gasteiger partial charge is 0.494 e. The SMILES string of the molecule is CCOc1cccc(-c2ccc(NC(=O)[C@H]3CCCC[C@H]3C(=O)O)cc2CCC2CC2)c1C. The van der Waals surface area contributed by atoms with Crippen LogP contribution in [0.1, 0.15) is 63.0 Å². The molecule has 0 bridgehead atoms. The van der Waals surface area contributed by atoms with Crippen molar-refractivity contribution in [1.29, 1.82) is 0 Å². The summed E-state index contributed by atoms with van der Waals surface area (Å²) >= 11 is 0. The Balaban J connectivity index is 1.60. The predicted molar refractivity (Wildman–Crippen MR) is 131 cm³/mol. The van der Waals surface area contributed by atoms with E-state index in [9.17, 15) is 14.7 Å². The standard InChI is InChI=1S/C28H35NO4/c1-3-33-26-10-6-9-22(18(26)2)23-16-15-21(17-20(23)14-13-19-11-12-19)29-27(30)24-7-4-5-8-25(24)28(31)32/h6,9-10,15-17,19,24-25H,3-5,7-8,11-14H2,1-2H3,(H,29,30)(H,31,32)/t24-,25+/m0/s1. The van der Waals surface area contributed by atoms with Crippen LogP contribution < -0.4 is 10.1 Å². The summed E-state index contributed by atoms with van der Waals surface area (Å²) in [5, 5.41) is 12.6. The number of hydrogen-bond acceptors (Lipinski definition) is 3. The first kappa shape index (κ1) is 23.3. The average Bonchev–Trinajstić information content (AvgIpc) is 3.64. The maximum atomic E-state index is 13.0. The molecule has 2 N–H and O–H groups in total. The molecule has 2 saturated carbocycles. The van der Waals surface area contributed by atoms with E-state index in [4.69, 9.17) is 4.74 Å². The molecule has 5 heteroatoms. The Morgan fingerprint density at radius 1 is 1.03 bits per heavy atom.